The molecule has 1 heterocycles. The number of nitriles is 1. The third-order valence-electron chi connectivity index (χ3n) is 4.38. The molecule has 0 atom stereocenters. The molecule has 0 saturated heterocycles. The van der Waals surface area contributed by atoms with E-state index in [0.29, 0.717) is 17.3 Å². The van der Waals surface area contributed by atoms with Crippen molar-refractivity contribution in [3.63, 3.8) is 0 Å². The fourth-order valence-electron chi connectivity index (χ4n) is 3.20. The summed E-state index contributed by atoms with van der Waals surface area (Å²) in [5.74, 6) is 1.06. The van der Waals surface area contributed by atoms with Gasteiger partial charge in [-0.25, -0.2) is 0 Å². The molecule has 1 aliphatic carbocycles. The van der Waals surface area contributed by atoms with Gasteiger partial charge in [-0.15, -0.1) is 10.2 Å². The predicted octanol–water partition coefficient (Wildman–Crippen LogP) is 3.69. The van der Waals surface area contributed by atoms with Crippen LogP contribution in [-0.2, 0) is 4.79 Å². The van der Waals surface area contributed by atoms with Crippen LogP contribution in [0.3, 0.4) is 0 Å². The van der Waals surface area contributed by atoms with E-state index in [1.54, 1.807) is 24.3 Å². The Bertz CT molecular complexity index is 789. The topological polar surface area (TPSA) is 83.6 Å². The Morgan fingerprint density at radius 3 is 2.92 bits per heavy atom. The lowest BCUT2D eigenvalue weighted by Gasteiger charge is -2.24. The number of aromatic nitrogens is 3. The van der Waals surface area contributed by atoms with Gasteiger partial charge in [-0.2, -0.15) is 5.26 Å². The number of nitrogens with zero attached hydrogens (tertiary/aromatic N) is 4. The molecule has 0 bridgehead atoms. The van der Waals surface area contributed by atoms with Crippen LogP contribution < -0.4 is 5.32 Å². The summed E-state index contributed by atoms with van der Waals surface area (Å²) in [6.07, 6.45) is 6.08. The van der Waals surface area contributed by atoms with Gasteiger partial charge < -0.3 is 9.88 Å². The number of rotatable bonds is 5. The van der Waals surface area contributed by atoms with E-state index in [0.717, 1.165) is 23.8 Å². The first-order valence-corrected chi connectivity index (χ1v) is 9.50. The average Bonchev–Trinajstić information content (AvgIpc) is 3.01. The van der Waals surface area contributed by atoms with Gasteiger partial charge in [-0.1, -0.05) is 37.1 Å². The van der Waals surface area contributed by atoms with Gasteiger partial charge in [0.1, 0.15) is 5.82 Å². The predicted molar refractivity (Wildman–Crippen MR) is 97.4 cm³/mol. The van der Waals surface area contributed by atoms with Gasteiger partial charge in [0.25, 0.3) is 0 Å². The zero-order chi connectivity index (χ0) is 17.6. The molecule has 1 aromatic heterocycles. The molecule has 0 radical (unpaired) electrons. The van der Waals surface area contributed by atoms with E-state index in [-0.39, 0.29) is 11.7 Å². The van der Waals surface area contributed by atoms with Crippen LogP contribution in [0.2, 0.25) is 0 Å². The molecule has 1 amide bonds. The van der Waals surface area contributed by atoms with Gasteiger partial charge in [0, 0.05) is 11.7 Å². The highest BCUT2D eigenvalue weighted by Crippen LogP contribution is 2.32. The Labute approximate surface area is 151 Å². The van der Waals surface area contributed by atoms with Crippen LogP contribution in [0.15, 0.2) is 29.4 Å². The Morgan fingerprint density at radius 2 is 2.16 bits per heavy atom. The molecule has 1 aromatic carbocycles. The van der Waals surface area contributed by atoms with Gasteiger partial charge in [-0.3, -0.25) is 4.79 Å². The van der Waals surface area contributed by atoms with Gasteiger partial charge in [0.15, 0.2) is 5.16 Å². The van der Waals surface area contributed by atoms with Crippen LogP contribution in [0.4, 0.5) is 5.69 Å². The maximum atomic E-state index is 12.2. The summed E-state index contributed by atoms with van der Waals surface area (Å²) in [4.78, 5) is 12.2. The van der Waals surface area contributed by atoms with Crippen LogP contribution in [-0.4, -0.2) is 26.4 Å². The van der Waals surface area contributed by atoms with Crippen molar-refractivity contribution in [2.24, 2.45) is 0 Å². The molecule has 0 spiro atoms. The SMILES string of the molecule is Cc1nnc(SCC(=O)Nc2cccc(C#N)c2)n1C1CCCCC1. The molecule has 1 fully saturated rings. The molecule has 7 heteroatoms. The molecule has 2 aromatic rings. The zero-order valence-corrected chi connectivity index (χ0v) is 15.1. The van der Waals surface area contributed by atoms with Crippen molar-refractivity contribution in [1.29, 1.82) is 5.26 Å². The number of benzene rings is 1. The lowest BCUT2D eigenvalue weighted by atomic mass is 9.95. The standard InChI is InChI=1S/C18H21N5OS/c1-13-21-22-18(23(13)16-8-3-2-4-9-16)25-12-17(24)20-15-7-5-6-14(10-15)11-19/h5-7,10,16H,2-4,8-9,12H2,1H3,(H,20,24). The number of anilines is 1. The van der Waals surface area contributed by atoms with Crippen molar-refractivity contribution in [3.05, 3.63) is 35.7 Å². The molecule has 1 aliphatic rings. The first kappa shape index (κ1) is 17.5. The molecule has 1 saturated carbocycles. The van der Waals surface area contributed by atoms with Crippen LogP contribution >= 0.6 is 11.8 Å². The third kappa shape index (κ3) is 4.40. The molecule has 3 rings (SSSR count). The van der Waals surface area contributed by atoms with Gasteiger partial charge >= 0.3 is 0 Å². The van der Waals surface area contributed by atoms with E-state index >= 15 is 0 Å². The van der Waals surface area contributed by atoms with Gasteiger partial charge in [0.2, 0.25) is 5.91 Å². The van der Waals surface area contributed by atoms with Crippen LogP contribution in [0.1, 0.15) is 49.5 Å². The zero-order valence-electron chi connectivity index (χ0n) is 14.2. The Hall–Kier alpha value is -2.33. The number of amides is 1. The minimum Gasteiger partial charge on any atom is -0.325 e. The average molecular weight is 355 g/mol. The largest absolute Gasteiger partial charge is 0.325 e. The van der Waals surface area contributed by atoms with Crippen LogP contribution in [0.5, 0.6) is 0 Å². The minimum absolute atomic E-state index is 0.115. The Balaban J connectivity index is 1.61. The summed E-state index contributed by atoms with van der Waals surface area (Å²) >= 11 is 1.41. The number of thioether (sulfide) groups is 1. The molecule has 130 valence electrons. The summed E-state index contributed by atoms with van der Waals surface area (Å²) in [5, 5.41) is 21.0. The van der Waals surface area contributed by atoms with Crippen LogP contribution in [0.25, 0.3) is 0 Å². The molecule has 6 nitrogen and oxygen atoms in total. The number of carbonyl (C=O) groups is 1. The van der Waals surface area contributed by atoms with E-state index in [4.69, 9.17) is 5.26 Å². The van der Waals surface area contributed by atoms with E-state index < -0.39 is 0 Å². The van der Waals surface area contributed by atoms with Crippen LogP contribution in [0, 0.1) is 18.3 Å². The summed E-state index contributed by atoms with van der Waals surface area (Å²) < 4.78 is 2.19. The lowest BCUT2D eigenvalue weighted by molar-refractivity contribution is -0.113. The van der Waals surface area contributed by atoms with Crippen molar-refractivity contribution < 1.29 is 4.79 Å². The van der Waals surface area contributed by atoms with Gasteiger partial charge in [0.05, 0.1) is 17.4 Å². The summed E-state index contributed by atoms with van der Waals surface area (Å²) in [6.45, 7) is 1.97. The van der Waals surface area contributed by atoms with Crippen molar-refractivity contribution in [3.8, 4) is 6.07 Å². The molecule has 0 aliphatic heterocycles. The Kier molecular flexibility index (Phi) is 5.71. The summed E-state index contributed by atoms with van der Waals surface area (Å²) in [6, 6.07) is 9.42. The number of carbonyl (C=O) groups excluding carboxylic acids is 1. The first-order chi connectivity index (χ1) is 12.2. The van der Waals surface area contributed by atoms with E-state index in [1.165, 1.54) is 31.0 Å². The fraction of sp³-hybridized carbons (Fsp3) is 0.444. The molecule has 25 heavy (non-hydrogen) atoms. The van der Waals surface area contributed by atoms with Gasteiger partial charge in [-0.05, 0) is 38.0 Å². The maximum Gasteiger partial charge on any atom is 0.234 e. The second-order valence-corrected chi connectivity index (χ2v) is 7.16. The minimum atomic E-state index is -0.115. The van der Waals surface area contributed by atoms with E-state index in [9.17, 15) is 4.79 Å². The van der Waals surface area contributed by atoms with E-state index in [1.807, 2.05) is 6.92 Å². The number of hydrogen-bond acceptors (Lipinski definition) is 5. The highest BCUT2D eigenvalue weighted by Gasteiger charge is 2.21. The van der Waals surface area contributed by atoms with Crippen molar-refractivity contribution in [2.45, 2.75) is 50.2 Å². The number of hydrogen-bond donors (Lipinski definition) is 1. The highest BCUT2D eigenvalue weighted by molar-refractivity contribution is 7.99. The van der Waals surface area contributed by atoms with Crippen molar-refractivity contribution >= 4 is 23.4 Å². The lowest BCUT2D eigenvalue weighted by Crippen LogP contribution is -2.17. The van der Waals surface area contributed by atoms with Crippen molar-refractivity contribution in [2.75, 3.05) is 11.1 Å². The molecule has 0 unspecified atom stereocenters. The maximum absolute atomic E-state index is 12.2. The molecular weight excluding hydrogens is 334 g/mol. The summed E-state index contributed by atoms with van der Waals surface area (Å²) in [5.41, 5.74) is 1.16. The third-order valence-corrected chi connectivity index (χ3v) is 5.33. The second kappa shape index (κ2) is 8.17. The Morgan fingerprint density at radius 1 is 1.36 bits per heavy atom. The fourth-order valence-corrected chi connectivity index (χ4v) is 4.05. The first-order valence-electron chi connectivity index (χ1n) is 8.51. The summed E-state index contributed by atoms with van der Waals surface area (Å²) in [7, 11) is 0. The quantitative estimate of drug-likeness (QED) is 0.827. The molecule has 1 N–H and O–H groups in total. The number of aryl methyl sites for hydroxylation is 1. The molecular formula is C18H21N5OS. The monoisotopic (exact) mass is 355 g/mol. The normalized spacial score (nSPS) is 14.9. The highest BCUT2D eigenvalue weighted by atomic mass is 32.2. The van der Waals surface area contributed by atoms with Crippen molar-refractivity contribution in [1.82, 2.24) is 14.8 Å². The smallest absolute Gasteiger partial charge is 0.234 e. The van der Waals surface area contributed by atoms with E-state index in [2.05, 4.69) is 26.2 Å². The second-order valence-electron chi connectivity index (χ2n) is 6.22. The number of nitrogens with one attached hydrogen (secondary N) is 1.